The molecule has 0 aliphatic rings. The SMILES string of the molecule is [CH2]CC(=O)c1ccc(OCCCO[Si](C)(C)C(C)(C)C)c(C(F)(F)F)c1. The number of Topliss-reactive ketones (excluding diaryl/α,β-unsaturated/α-hetero) is 1. The lowest BCUT2D eigenvalue weighted by Crippen LogP contribution is -2.41. The van der Waals surface area contributed by atoms with E-state index in [9.17, 15) is 18.0 Å². The number of halogens is 3. The van der Waals surface area contributed by atoms with Crippen molar-refractivity contribution in [2.75, 3.05) is 13.2 Å². The zero-order valence-corrected chi connectivity index (χ0v) is 17.1. The number of hydrogen-bond acceptors (Lipinski definition) is 3. The summed E-state index contributed by atoms with van der Waals surface area (Å²) in [6.07, 6.45) is -4.20. The first-order chi connectivity index (χ1) is 11.8. The van der Waals surface area contributed by atoms with Gasteiger partial charge in [-0.15, -0.1) is 0 Å². The van der Waals surface area contributed by atoms with Gasteiger partial charge in [-0.3, -0.25) is 4.79 Å². The lowest BCUT2D eigenvalue weighted by Gasteiger charge is -2.36. The Morgan fingerprint density at radius 2 is 1.77 bits per heavy atom. The number of ketones is 1. The lowest BCUT2D eigenvalue weighted by atomic mass is 10.0. The molecule has 147 valence electrons. The van der Waals surface area contributed by atoms with Gasteiger partial charge in [0.15, 0.2) is 14.1 Å². The van der Waals surface area contributed by atoms with Crippen molar-refractivity contribution < 1.29 is 27.1 Å². The van der Waals surface area contributed by atoms with Crippen molar-refractivity contribution >= 4 is 14.1 Å². The standard InChI is InChI=1S/C19H28F3O3Si/c1-7-16(23)14-9-10-17(15(13-14)19(20,21)22)24-11-8-12-25-26(5,6)18(2,3)4/h9-10,13H,1,7-8,11-12H2,2-6H3. The third-order valence-corrected chi connectivity index (χ3v) is 9.19. The monoisotopic (exact) mass is 389 g/mol. The summed E-state index contributed by atoms with van der Waals surface area (Å²) in [5.74, 6) is -0.713. The van der Waals surface area contributed by atoms with Crippen molar-refractivity contribution in [3.05, 3.63) is 36.2 Å². The number of carbonyl (C=O) groups is 1. The number of ether oxygens (including phenoxy) is 1. The summed E-state index contributed by atoms with van der Waals surface area (Å²) in [7, 11) is -1.88. The van der Waals surface area contributed by atoms with Crippen LogP contribution in [0, 0.1) is 6.92 Å². The highest BCUT2D eigenvalue weighted by Gasteiger charge is 2.37. The summed E-state index contributed by atoms with van der Waals surface area (Å²) in [5.41, 5.74) is -0.956. The predicted molar refractivity (Wildman–Crippen MR) is 99.0 cm³/mol. The Balaban J connectivity index is 2.72. The zero-order chi connectivity index (χ0) is 20.2. The van der Waals surface area contributed by atoms with Gasteiger partial charge in [-0.25, -0.2) is 0 Å². The molecule has 0 aliphatic carbocycles. The Morgan fingerprint density at radius 1 is 1.15 bits per heavy atom. The molecule has 1 rings (SSSR count). The van der Waals surface area contributed by atoms with Gasteiger partial charge in [0, 0.05) is 25.0 Å². The van der Waals surface area contributed by atoms with Crippen molar-refractivity contribution in [1.29, 1.82) is 0 Å². The highest BCUT2D eigenvalue weighted by Crippen LogP contribution is 2.38. The summed E-state index contributed by atoms with van der Waals surface area (Å²) in [6.45, 7) is 14.6. The minimum absolute atomic E-state index is 0.0130. The highest BCUT2D eigenvalue weighted by molar-refractivity contribution is 6.74. The van der Waals surface area contributed by atoms with Crippen LogP contribution in [0.2, 0.25) is 18.1 Å². The van der Waals surface area contributed by atoms with Crippen LogP contribution in [0.4, 0.5) is 13.2 Å². The maximum absolute atomic E-state index is 13.2. The first-order valence-electron chi connectivity index (χ1n) is 8.60. The van der Waals surface area contributed by atoms with E-state index in [0.29, 0.717) is 13.0 Å². The van der Waals surface area contributed by atoms with Gasteiger partial charge >= 0.3 is 6.18 Å². The minimum Gasteiger partial charge on any atom is -0.493 e. The van der Waals surface area contributed by atoms with Gasteiger partial charge in [0.25, 0.3) is 0 Å². The molecule has 0 spiro atoms. The molecule has 7 heteroatoms. The molecule has 1 aromatic rings. The second-order valence-electron chi connectivity index (χ2n) is 7.69. The summed E-state index contributed by atoms with van der Waals surface area (Å²) in [4.78, 5) is 11.6. The average Bonchev–Trinajstić information content (AvgIpc) is 2.51. The fourth-order valence-corrected chi connectivity index (χ4v) is 3.07. The zero-order valence-electron chi connectivity index (χ0n) is 16.1. The van der Waals surface area contributed by atoms with Crippen LogP contribution in [-0.4, -0.2) is 27.3 Å². The second kappa shape index (κ2) is 8.56. The van der Waals surface area contributed by atoms with E-state index < -0.39 is 25.8 Å². The molecule has 0 atom stereocenters. The number of rotatable bonds is 8. The summed E-state index contributed by atoms with van der Waals surface area (Å²) >= 11 is 0. The Bertz CT molecular complexity index is 619. The van der Waals surface area contributed by atoms with Crippen LogP contribution in [0.5, 0.6) is 5.75 Å². The van der Waals surface area contributed by atoms with E-state index >= 15 is 0 Å². The maximum atomic E-state index is 13.2. The molecule has 3 nitrogen and oxygen atoms in total. The van der Waals surface area contributed by atoms with E-state index in [1.165, 1.54) is 12.1 Å². The van der Waals surface area contributed by atoms with Crippen LogP contribution in [0.1, 0.15) is 49.5 Å². The topological polar surface area (TPSA) is 35.5 Å². The van der Waals surface area contributed by atoms with Crippen molar-refractivity contribution in [3.8, 4) is 5.75 Å². The van der Waals surface area contributed by atoms with Crippen molar-refractivity contribution in [1.82, 2.24) is 0 Å². The maximum Gasteiger partial charge on any atom is 0.419 e. The number of alkyl halides is 3. The molecule has 0 aliphatic heterocycles. The Hall–Kier alpha value is -1.34. The quantitative estimate of drug-likeness (QED) is 0.315. The van der Waals surface area contributed by atoms with Crippen LogP contribution in [0.25, 0.3) is 0 Å². The fraction of sp³-hybridized carbons (Fsp3) is 0.579. The normalized spacial score (nSPS) is 13.0. The number of benzene rings is 1. The molecule has 0 fully saturated rings. The van der Waals surface area contributed by atoms with Crippen LogP contribution in [0.3, 0.4) is 0 Å². The van der Waals surface area contributed by atoms with Gasteiger partial charge in [0.05, 0.1) is 12.2 Å². The van der Waals surface area contributed by atoms with Gasteiger partial charge in [0.1, 0.15) is 5.75 Å². The first kappa shape index (κ1) is 22.7. The molecule has 0 saturated carbocycles. The van der Waals surface area contributed by atoms with E-state index in [0.717, 1.165) is 6.07 Å². The molecule has 0 unspecified atom stereocenters. The number of hydrogen-bond donors (Lipinski definition) is 0. The molecular weight excluding hydrogens is 361 g/mol. The molecule has 0 saturated heterocycles. The van der Waals surface area contributed by atoms with E-state index in [4.69, 9.17) is 9.16 Å². The van der Waals surface area contributed by atoms with E-state index in [2.05, 4.69) is 40.8 Å². The van der Waals surface area contributed by atoms with E-state index in [1.54, 1.807) is 0 Å². The molecule has 1 radical (unpaired) electrons. The lowest BCUT2D eigenvalue weighted by molar-refractivity contribution is -0.139. The third kappa shape index (κ3) is 6.12. The molecule has 0 aromatic heterocycles. The predicted octanol–water partition coefficient (Wildman–Crippen LogP) is 5.90. The third-order valence-electron chi connectivity index (χ3n) is 4.65. The molecule has 0 heterocycles. The second-order valence-corrected chi connectivity index (χ2v) is 12.5. The van der Waals surface area contributed by atoms with Crippen molar-refractivity contribution in [3.63, 3.8) is 0 Å². The summed E-state index contributed by atoms with van der Waals surface area (Å²) in [5, 5.41) is 0.0772. The Labute approximate surface area is 155 Å². The molecule has 0 amide bonds. The van der Waals surface area contributed by atoms with Gasteiger partial charge in [-0.05, 0) is 43.3 Å². The van der Waals surface area contributed by atoms with Crippen molar-refractivity contribution in [2.24, 2.45) is 0 Å². The summed E-state index contributed by atoms with van der Waals surface area (Å²) < 4.78 is 51.0. The van der Waals surface area contributed by atoms with Gasteiger partial charge in [-0.1, -0.05) is 20.8 Å². The Morgan fingerprint density at radius 3 is 2.27 bits per heavy atom. The Kier molecular flexibility index (Phi) is 7.48. The average molecular weight is 390 g/mol. The van der Waals surface area contributed by atoms with Crippen LogP contribution in [-0.2, 0) is 10.6 Å². The largest absolute Gasteiger partial charge is 0.493 e. The molecule has 1 aromatic carbocycles. The molecule has 0 N–H and O–H groups in total. The van der Waals surface area contributed by atoms with Gasteiger partial charge in [-0.2, -0.15) is 13.2 Å². The van der Waals surface area contributed by atoms with Crippen LogP contribution >= 0.6 is 0 Å². The van der Waals surface area contributed by atoms with E-state index in [1.807, 2.05) is 0 Å². The number of carbonyl (C=O) groups excluding carboxylic acids is 1. The molecule has 0 bridgehead atoms. The summed E-state index contributed by atoms with van der Waals surface area (Å²) in [6, 6.07) is 3.36. The van der Waals surface area contributed by atoms with Crippen LogP contribution < -0.4 is 4.74 Å². The van der Waals surface area contributed by atoms with Gasteiger partial charge < -0.3 is 9.16 Å². The van der Waals surface area contributed by atoms with E-state index in [-0.39, 0.29) is 29.4 Å². The highest BCUT2D eigenvalue weighted by atomic mass is 28.4. The van der Waals surface area contributed by atoms with Gasteiger partial charge in [0.2, 0.25) is 0 Å². The van der Waals surface area contributed by atoms with Crippen molar-refractivity contribution in [2.45, 2.75) is 57.9 Å². The molecular formula is C19H28F3O3Si. The first-order valence-corrected chi connectivity index (χ1v) is 11.5. The molecule has 26 heavy (non-hydrogen) atoms. The fourth-order valence-electron chi connectivity index (χ4n) is 1.98. The smallest absolute Gasteiger partial charge is 0.419 e. The minimum atomic E-state index is -4.59. The van der Waals surface area contributed by atoms with Crippen LogP contribution in [0.15, 0.2) is 18.2 Å².